The molecule has 1 heterocycles. The molecule has 1 amide bonds. The molecule has 0 bridgehead atoms. The van der Waals surface area contributed by atoms with E-state index in [0.29, 0.717) is 12.6 Å². The molecule has 5 heteroatoms. The zero-order valence-corrected chi connectivity index (χ0v) is 16.1. The summed E-state index contributed by atoms with van der Waals surface area (Å²) in [5.41, 5.74) is 1.14. The number of piperidine rings is 1. The SMILES string of the molecule is CCO[C@H](C)C(=O)N[C@H](CN(C)C1CCN(C)CC1)c1ccccc1. The Hall–Kier alpha value is -1.43. The summed E-state index contributed by atoms with van der Waals surface area (Å²) in [6.45, 7) is 7.34. The van der Waals surface area contributed by atoms with Gasteiger partial charge in [-0.1, -0.05) is 30.3 Å². The van der Waals surface area contributed by atoms with Crippen LogP contribution in [0.5, 0.6) is 0 Å². The van der Waals surface area contributed by atoms with Crippen LogP contribution in [0.15, 0.2) is 30.3 Å². The highest BCUT2D eigenvalue weighted by Crippen LogP contribution is 2.19. The maximum absolute atomic E-state index is 12.5. The minimum absolute atomic E-state index is 0.0266. The van der Waals surface area contributed by atoms with E-state index in [-0.39, 0.29) is 11.9 Å². The number of nitrogens with zero attached hydrogens (tertiary/aromatic N) is 2. The van der Waals surface area contributed by atoms with Gasteiger partial charge in [-0.3, -0.25) is 4.79 Å². The highest BCUT2D eigenvalue weighted by molar-refractivity contribution is 5.80. The Morgan fingerprint density at radius 3 is 2.56 bits per heavy atom. The zero-order chi connectivity index (χ0) is 18.2. The maximum Gasteiger partial charge on any atom is 0.249 e. The fraction of sp³-hybridized carbons (Fsp3) is 0.650. The molecule has 1 N–H and O–H groups in total. The monoisotopic (exact) mass is 347 g/mol. The largest absolute Gasteiger partial charge is 0.369 e. The van der Waals surface area contributed by atoms with Crippen LogP contribution in [0.1, 0.15) is 38.3 Å². The molecule has 2 atom stereocenters. The lowest BCUT2D eigenvalue weighted by Crippen LogP contribution is -2.46. The average Bonchev–Trinajstić information content (AvgIpc) is 2.62. The van der Waals surface area contributed by atoms with Gasteiger partial charge in [0.1, 0.15) is 6.10 Å². The van der Waals surface area contributed by atoms with Crippen LogP contribution in [0.2, 0.25) is 0 Å². The molecular weight excluding hydrogens is 314 g/mol. The van der Waals surface area contributed by atoms with E-state index < -0.39 is 6.10 Å². The van der Waals surface area contributed by atoms with Crippen molar-refractivity contribution < 1.29 is 9.53 Å². The van der Waals surface area contributed by atoms with E-state index in [1.807, 2.05) is 32.0 Å². The van der Waals surface area contributed by atoms with Crippen molar-refractivity contribution in [3.63, 3.8) is 0 Å². The summed E-state index contributed by atoms with van der Waals surface area (Å²) in [5.74, 6) is -0.0486. The van der Waals surface area contributed by atoms with E-state index in [0.717, 1.165) is 25.2 Å². The van der Waals surface area contributed by atoms with Crippen molar-refractivity contribution in [3.8, 4) is 0 Å². The Kier molecular flexibility index (Phi) is 7.88. The number of carbonyl (C=O) groups excluding carboxylic acids is 1. The van der Waals surface area contributed by atoms with Crippen LogP contribution in [-0.4, -0.2) is 68.2 Å². The van der Waals surface area contributed by atoms with E-state index in [4.69, 9.17) is 4.74 Å². The van der Waals surface area contributed by atoms with Gasteiger partial charge in [-0.25, -0.2) is 0 Å². The van der Waals surface area contributed by atoms with Crippen LogP contribution in [-0.2, 0) is 9.53 Å². The first-order valence-corrected chi connectivity index (χ1v) is 9.37. The number of hydrogen-bond donors (Lipinski definition) is 1. The van der Waals surface area contributed by atoms with Crippen molar-refractivity contribution in [1.82, 2.24) is 15.1 Å². The molecular formula is C20H33N3O2. The lowest BCUT2D eigenvalue weighted by atomic mass is 10.0. The molecule has 0 unspecified atom stereocenters. The van der Waals surface area contributed by atoms with Crippen molar-refractivity contribution in [3.05, 3.63) is 35.9 Å². The van der Waals surface area contributed by atoms with Crippen LogP contribution < -0.4 is 5.32 Å². The molecule has 0 aromatic heterocycles. The normalized spacial score (nSPS) is 18.9. The topological polar surface area (TPSA) is 44.8 Å². The van der Waals surface area contributed by atoms with Gasteiger partial charge in [0, 0.05) is 19.2 Å². The van der Waals surface area contributed by atoms with Crippen molar-refractivity contribution in [2.45, 2.75) is 44.9 Å². The summed E-state index contributed by atoms with van der Waals surface area (Å²) in [4.78, 5) is 17.2. The molecule has 1 aromatic carbocycles. The standard InChI is InChI=1S/C20H33N3O2/c1-5-25-16(2)20(24)21-19(17-9-7-6-8-10-17)15-23(4)18-11-13-22(3)14-12-18/h6-10,16,18-19H,5,11-15H2,1-4H3,(H,21,24)/t16-,19-/m1/s1. The number of nitrogens with one attached hydrogen (secondary N) is 1. The summed E-state index contributed by atoms with van der Waals surface area (Å²) in [6.07, 6.45) is 1.93. The third kappa shape index (κ3) is 6.10. The molecule has 0 radical (unpaired) electrons. The molecule has 1 fully saturated rings. The van der Waals surface area contributed by atoms with E-state index in [1.54, 1.807) is 0 Å². The maximum atomic E-state index is 12.5. The van der Waals surface area contributed by atoms with Gasteiger partial charge >= 0.3 is 0 Å². The molecule has 5 nitrogen and oxygen atoms in total. The smallest absolute Gasteiger partial charge is 0.249 e. The molecule has 0 spiro atoms. The summed E-state index contributed by atoms with van der Waals surface area (Å²) >= 11 is 0. The van der Waals surface area contributed by atoms with Crippen molar-refractivity contribution >= 4 is 5.91 Å². The van der Waals surface area contributed by atoms with Crippen LogP contribution in [0.25, 0.3) is 0 Å². The minimum Gasteiger partial charge on any atom is -0.369 e. The van der Waals surface area contributed by atoms with Gasteiger partial charge in [0.05, 0.1) is 6.04 Å². The number of ether oxygens (including phenoxy) is 1. The molecule has 1 aliphatic heterocycles. The number of hydrogen-bond acceptors (Lipinski definition) is 4. The number of benzene rings is 1. The highest BCUT2D eigenvalue weighted by atomic mass is 16.5. The Morgan fingerprint density at radius 2 is 1.96 bits per heavy atom. The molecule has 140 valence electrons. The molecule has 1 aromatic rings. The van der Waals surface area contributed by atoms with E-state index in [9.17, 15) is 4.79 Å². The van der Waals surface area contributed by atoms with E-state index in [1.165, 1.54) is 12.8 Å². The van der Waals surface area contributed by atoms with Gasteiger partial charge in [-0.05, 0) is 59.4 Å². The fourth-order valence-corrected chi connectivity index (χ4v) is 3.41. The summed E-state index contributed by atoms with van der Waals surface area (Å²) < 4.78 is 5.44. The summed E-state index contributed by atoms with van der Waals surface area (Å²) in [5, 5.41) is 3.18. The lowest BCUT2D eigenvalue weighted by molar-refractivity contribution is -0.132. The first-order valence-electron chi connectivity index (χ1n) is 9.37. The van der Waals surface area contributed by atoms with Gasteiger partial charge in [-0.2, -0.15) is 0 Å². The minimum atomic E-state index is -0.426. The van der Waals surface area contributed by atoms with Crippen molar-refractivity contribution in [1.29, 1.82) is 0 Å². The first-order chi connectivity index (χ1) is 12.0. The van der Waals surface area contributed by atoms with Gasteiger partial charge in [-0.15, -0.1) is 0 Å². The Bertz CT molecular complexity index is 515. The molecule has 0 saturated carbocycles. The predicted molar refractivity (Wildman–Crippen MR) is 102 cm³/mol. The van der Waals surface area contributed by atoms with Gasteiger partial charge in [0.25, 0.3) is 0 Å². The first kappa shape index (κ1) is 19.9. The van der Waals surface area contributed by atoms with Crippen LogP contribution >= 0.6 is 0 Å². The summed E-state index contributed by atoms with van der Waals surface area (Å²) in [6, 6.07) is 10.8. The second-order valence-corrected chi connectivity index (χ2v) is 7.04. The van der Waals surface area contributed by atoms with Crippen LogP contribution in [0.3, 0.4) is 0 Å². The van der Waals surface area contributed by atoms with E-state index in [2.05, 4.69) is 41.3 Å². The molecule has 0 aliphatic carbocycles. The number of carbonyl (C=O) groups is 1. The second kappa shape index (κ2) is 9.90. The predicted octanol–water partition coefficient (Wildman–Crippen LogP) is 2.29. The van der Waals surface area contributed by atoms with Gasteiger partial charge in [0.2, 0.25) is 5.91 Å². The fourth-order valence-electron chi connectivity index (χ4n) is 3.41. The molecule has 1 saturated heterocycles. The Morgan fingerprint density at radius 1 is 1.32 bits per heavy atom. The van der Waals surface area contributed by atoms with Crippen molar-refractivity contribution in [2.75, 3.05) is 40.3 Å². The van der Waals surface area contributed by atoms with Crippen LogP contribution in [0, 0.1) is 0 Å². The molecule has 2 rings (SSSR count). The Balaban J connectivity index is 2.03. The van der Waals surface area contributed by atoms with E-state index >= 15 is 0 Å². The molecule has 1 aliphatic rings. The number of likely N-dealkylation sites (tertiary alicyclic amines) is 1. The van der Waals surface area contributed by atoms with Crippen molar-refractivity contribution in [2.24, 2.45) is 0 Å². The lowest BCUT2D eigenvalue weighted by Gasteiger charge is -2.37. The number of likely N-dealkylation sites (N-methyl/N-ethyl adjacent to an activating group) is 1. The number of rotatable bonds is 8. The average molecular weight is 348 g/mol. The molecule has 25 heavy (non-hydrogen) atoms. The van der Waals surface area contributed by atoms with Gasteiger partial charge in [0.15, 0.2) is 0 Å². The van der Waals surface area contributed by atoms with Gasteiger partial charge < -0.3 is 19.9 Å². The number of amides is 1. The third-order valence-corrected chi connectivity index (χ3v) is 5.09. The summed E-state index contributed by atoms with van der Waals surface area (Å²) in [7, 11) is 4.35. The van der Waals surface area contributed by atoms with Crippen LogP contribution in [0.4, 0.5) is 0 Å². The quantitative estimate of drug-likeness (QED) is 0.784. The highest BCUT2D eigenvalue weighted by Gasteiger charge is 2.25. The zero-order valence-electron chi connectivity index (χ0n) is 16.1. The third-order valence-electron chi connectivity index (χ3n) is 5.09. The second-order valence-electron chi connectivity index (χ2n) is 7.04. The Labute approximate surface area is 152 Å².